The second-order valence-electron chi connectivity index (χ2n) is 2.51. The number of hydrogen-bond donors (Lipinski definition) is 0. The van der Waals surface area contributed by atoms with Crippen LogP contribution in [0.25, 0.3) is 0 Å². The molecule has 9 heteroatoms. The van der Waals surface area contributed by atoms with Crippen molar-refractivity contribution < 1.29 is 35.1 Å². The van der Waals surface area contributed by atoms with E-state index in [-0.39, 0.29) is 4.08 Å². The Hall–Kier alpha value is -0.0900. The number of hydrogen-bond acceptors (Lipinski definition) is 0. The van der Waals surface area contributed by atoms with Gasteiger partial charge in [-0.15, -0.1) is 0 Å². The van der Waals surface area contributed by atoms with Crippen LogP contribution >= 0.6 is 22.6 Å². The minimum atomic E-state index is -5.98. The zero-order chi connectivity index (χ0) is 12.5. The van der Waals surface area contributed by atoms with E-state index in [9.17, 15) is 35.1 Å². The third-order valence-electron chi connectivity index (χ3n) is 1.32. The predicted molar refractivity (Wildman–Crippen MR) is 43.8 cm³/mol. The van der Waals surface area contributed by atoms with E-state index in [1.807, 2.05) is 0 Å². The molecule has 0 amide bonds. The van der Waals surface area contributed by atoms with E-state index in [0.29, 0.717) is 0 Å². The van der Waals surface area contributed by atoms with E-state index < -0.39 is 30.3 Å². The third-order valence-corrected chi connectivity index (χ3v) is 2.07. The summed E-state index contributed by atoms with van der Waals surface area (Å²) in [4.78, 5) is 0. The van der Waals surface area contributed by atoms with Crippen LogP contribution in [0.5, 0.6) is 0 Å². The van der Waals surface area contributed by atoms with Crippen molar-refractivity contribution in [1.29, 1.82) is 0 Å². The van der Waals surface area contributed by atoms with Gasteiger partial charge in [0.15, 0.2) is 0 Å². The molecule has 0 bridgehead atoms. The molecule has 15 heavy (non-hydrogen) atoms. The van der Waals surface area contributed by atoms with Gasteiger partial charge in [-0.05, 0) is 4.08 Å². The zero-order valence-electron chi connectivity index (χ0n) is 6.69. The van der Waals surface area contributed by atoms with E-state index >= 15 is 0 Å². The van der Waals surface area contributed by atoms with Crippen molar-refractivity contribution in [3.8, 4) is 0 Å². The van der Waals surface area contributed by atoms with Gasteiger partial charge in [0.25, 0.3) is 0 Å². The summed E-state index contributed by atoms with van der Waals surface area (Å²) in [5.74, 6) is -5.38. The maximum Gasteiger partial charge on any atom is 0.453 e. The lowest BCUT2D eigenvalue weighted by atomic mass is 10.1. The van der Waals surface area contributed by atoms with Gasteiger partial charge in [0.2, 0.25) is 0 Å². The molecular formula is C6H3F8I. The fourth-order valence-corrected chi connectivity index (χ4v) is 1.11. The molecule has 0 heterocycles. The normalized spacial score (nSPS) is 15.7. The van der Waals surface area contributed by atoms with Crippen LogP contribution < -0.4 is 0 Å². The van der Waals surface area contributed by atoms with Crippen molar-refractivity contribution in [2.75, 3.05) is 0 Å². The van der Waals surface area contributed by atoms with Gasteiger partial charge in [-0.1, -0.05) is 22.6 Å². The highest BCUT2D eigenvalue weighted by Crippen LogP contribution is 2.43. The van der Waals surface area contributed by atoms with Gasteiger partial charge in [-0.2, -0.15) is 35.1 Å². The molecule has 0 radical (unpaired) electrons. The van der Waals surface area contributed by atoms with Crippen molar-refractivity contribution in [1.82, 2.24) is 0 Å². The summed E-state index contributed by atoms with van der Waals surface area (Å²) in [6.45, 7) is 0. The quantitative estimate of drug-likeness (QED) is 0.508. The third kappa shape index (κ3) is 4.11. The fraction of sp³-hybridized carbons (Fsp3) is 0.667. The first kappa shape index (κ1) is 14.9. The van der Waals surface area contributed by atoms with E-state index in [0.717, 1.165) is 22.6 Å². The number of alkyl halides is 8. The molecule has 0 aromatic carbocycles. The van der Waals surface area contributed by atoms with Crippen LogP contribution in [0.2, 0.25) is 0 Å². The van der Waals surface area contributed by atoms with Crippen molar-refractivity contribution in [2.24, 2.45) is 0 Å². The minimum Gasteiger partial charge on any atom is -0.196 e. The molecule has 0 saturated heterocycles. The first-order valence-electron chi connectivity index (χ1n) is 3.23. The van der Waals surface area contributed by atoms with Crippen LogP contribution in [0.15, 0.2) is 9.66 Å². The van der Waals surface area contributed by atoms with Crippen molar-refractivity contribution in [3.63, 3.8) is 0 Å². The van der Waals surface area contributed by atoms with Crippen LogP contribution in [0.1, 0.15) is 6.42 Å². The second kappa shape index (κ2) is 4.42. The largest absolute Gasteiger partial charge is 0.453 e. The van der Waals surface area contributed by atoms with Gasteiger partial charge in [0.1, 0.15) is 0 Å². The molecule has 0 aromatic rings. The molecule has 0 nitrogen and oxygen atoms in total. The van der Waals surface area contributed by atoms with E-state index in [4.69, 9.17) is 0 Å². The van der Waals surface area contributed by atoms with Gasteiger partial charge in [-0.3, -0.25) is 0 Å². The fourth-order valence-electron chi connectivity index (χ4n) is 0.540. The molecular weight excluding hydrogens is 351 g/mol. The lowest BCUT2D eigenvalue weighted by Crippen LogP contribution is -2.38. The molecule has 90 valence electrons. The molecule has 0 atom stereocenters. The topological polar surface area (TPSA) is 0 Å². The summed E-state index contributed by atoms with van der Waals surface area (Å²) in [5, 5.41) is 0. The molecule has 0 N–H and O–H groups in total. The molecule has 0 aromatic heterocycles. The summed E-state index contributed by atoms with van der Waals surface area (Å²) < 4.78 is 94.9. The average molecular weight is 354 g/mol. The van der Waals surface area contributed by atoms with E-state index in [2.05, 4.69) is 0 Å². The smallest absolute Gasteiger partial charge is 0.196 e. The standard InChI is InChI=1S/C6H3F8I/c7-4(8,6(12,13)14)1-3(2-15)5(9,10)11/h2H,1H2. The highest BCUT2D eigenvalue weighted by Gasteiger charge is 2.59. The predicted octanol–water partition coefficient (Wildman–Crippen LogP) is 4.46. The molecule has 0 rings (SSSR count). The van der Waals surface area contributed by atoms with Crippen LogP contribution in [0, 0.1) is 0 Å². The molecule has 0 aliphatic heterocycles. The molecule has 0 fully saturated rings. The summed E-state index contributed by atoms with van der Waals surface area (Å²) in [6, 6.07) is 0. The van der Waals surface area contributed by atoms with Gasteiger partial charge in [-0.25, -0.2) is 0 Å². The Kier molecular flexibility index (Phi) is 4.39. The van der Waals surface area contributed by atoms with Crippen molar-refractivity contribution in [2.45, 2.75) is 24.7 Å². The summed E-state index contributed by atoms with van der Waals surface area (Å²) >= 11 is 0.960. The zero-order valence-corrected chi connectivity index (χ0v) is 8.84. The van der Waals surface area contributed by atoms with Gasteiger partial charge < -0.3 is 0 Å². The molecule has 0 aliphatic rings. The Balaban J connectivity index is 4.88. The Bertz CT molecular complexity index is 247. The van der Waals surface area contributed by atoms with Crippen molar-refractivity contribution >= 4 is 22.6 Å². The van der Waals surface area contributed by atoms with E-state index in [1.165, 1.54) is 0 Å². The molecule has 0 unspecified atom stereocenters. The van der Waals surface area contributed by atoms with Gasteiger partial charge in [0.05, 0.1) is 6.42 Å². The highest BCUT2D eigenvalue weighted by atomic mass is 127. The molecule has 0 aliphatic carbocycles. The Labute approximate surface area is 92.5 Å². The lowest BCUT2D eigenvalue weighted by Gasteiger charge is -2.21. The Morgan fingerprint density at radius 2 is 1.33 bits per heavy atom. The number of rotatable bonds is 2. The summed E-state index contributed by atoms with van der Waals surface area (Å²) in [5.41, 5.74) is -1.91. The Morgan fingerprint density at radius 3 is 1.53 bits per heavy atom. The Morgan fingerprint density at radius 1 is 0.933 bits per heavy atom. The van der Waals surface area contributed by atoms with Gasteiger partial charge >= 0.3 is 18.3 Å². The highest BCUT2D eigenvalue weighted by molar-refractivity contribution is 14.1. The van der Waals surface area contributed by atoms with Crippen LogP contribution in [0.3, 0.4) is 0 Å². The lowest BCUT2D eigenvalue weighted by molar-refractivity contribution is -0.283. The van der Waals surface area contributed by atoms with Gasteiger partial charge in [0, 0.05) is 5.57 Å². The maximum absolute atomic E-state index is 12.2. The first-order valence-corrected chi connectivity index (χ1v) is 4.47. The minimum absolute atomic E-state index is 0.164. The SMILES string of the molecule is FC(F)(F)C(=CI)CC(F)(F)C(F)(F)F. The van der Waals surface area contributed by atoms with Crippen molar-refractivity contribution in [3.05, 3.63) is 9.66 Å². The monoisotopic (exact) mass is 354 g/mol. The molecule has 0 spiro atoms. The second-order valence-corrected chi connectivity index (χ2v) is 3.13. The van der Waals surface area contributed by atoms with E-state index in [1.54, 1.807) is 0 Å². The first-order chi connectivity index (χ1) is 6.42. The van der Waals surface area contributed by atoms with Crippen LogP contribution in [0.4, 0.5) is 35.1 Å². The maximum atomic E-state index is 12.2. The number of halogens is 9. The summed E-state index contributed by atoms with van der Waals surface area (Å²) in [7, 11) is 0. The summed E-state index contributed by atoms with van der Waals surface area (Å²) in [6.07, 6.45) is -13.6. The number of allylic oxidation sites excluding steroid dienone is 1. The van der Waals surface area contributed by atoms with Crippen LogP contribution in [-0.4, -0.2) is 18.3 Å². The van der Waals surface area contributed by atoms with Crippen LogP contribution in [-0.2, 0) is 0 Å². The molecule has 0 saturated carbocycles. The average Bonchev–Trinajstić information content (AvgIpc) is 1.95.